The van der Waals surface area contributed by atoms with Crippen LogP contribution in [0.5, 0.6) is 0 Å². The highest BCUT2D eigenvalue weighted by atomic mass is 35.5. The van der Waals surface area contributed by atoms with Crippen LogP contribution in [0.2, 0.25) is 10.0 Å². The maximum Gasteiger partial charge on any atom is 0.242 e. The van der Waals surface area contributed by atoms with Gasteiger partial charge in [0.1, 0.15) is 6.04 Å². The van der Waals surface area contributed by atoms with Crippen LogP contribution in [0.25, 0.3) is 0 Å². The third-order valence-electron chi connectivity index (χ3n) is 4.52. The highest BCUT2D eigenvalue weighted by Gasteiger charge is 2.28. The van der Waals surface area contributed by atoms with E-state index < -0.39 is 6.04 Å². The fraction of sp³-hybridized carbons (Fsp3) is 0.417. The molecule has 4 nitrogen and oxygen atoms in total. The molecule has 2 aromatic rings. The molecule has 0 aromatic heterocycles. The van der Waals surface area contributed by atoms with Crippen LogP contribution in [0.3, 0.4) is 0 Å². The molecule has 0 aliphatic rings. The summed E-state index contributed by atoms with van der Waals surface area (Å²) < 4.78 is 0. The molecule has 168 valence electrons. The number of rotatable bonds is 9. The molecule has 2 aromatic carbocycles. The molecule has 0 heterocycles. The van der Waals surface area contributed by atoms with Gasteiger partial charge in [0, 0.05) is 33.4 Å². The second-order valence-corrected chi connectivity index (χ2v) is 10.5. The molecule has 0 aliphatic heterocycles. The SMILES string of the molecule is CC(C(=O)NC(C)(C)C)N(Cc1cccc(Cl)c1)C(=O)CCCSc1ccc(Cl)cc1. The van der Waals surface area contributed by atoms with Gasteiger partial charge in [-0.15, -0.1) is 11.8 Å². The molecule has 0 fully saturated rings. The number of carbonyl (C=O) groups is 2. The molecular formula is C24H30Cl2N2O2S. The minimum atomic E-state index is -0.588. The second-order valence-electron chi connectivity index (χ2n) is 8.47. The van der Waals surface area contributed by atoms with Crippen LogP contribution in [0.4, 0.5) is 0 Å². The molecule has 0 bridgehead atoms. The molecule has 0 saturated heterocycles. The smallest absolute Gasteiger partial charge is 0.242 e. The first-order chi connectivity index (χ1) is 14.5. The van der Waals surface area contributed by atoms with Crippen molar-refractivity contribution in [3.05, 3.63) is 64.1 Å². The van der Waals surface area contributed by atoms with E-state index in [4.69, 9.17) is 23.2 Å². The van der Waals surface area contributed by atoms with Crippen molar-refractivity contribution >= 4 is 46.8 Å². The van der Waals surface area contributed by atoms with Crippen molar-refractivity contribution in [3.8, 4) is 0 Å². The summed E-state index contributed by atoms with van der Waals surface area (Å²) in [5, 5.41) is 4.29. The van der Waals surface area contributed by atoms with E-state index in [-0.39, 0.29) is 17.4 Å². The molecule has 1 unspecified atom stereocenters. The lowest BCUT2D eigenvalue weighted by atomic mass is 10.1. The monoisotopic (exact) mass is 480 g/mol. The number of thioether (sulfide) groups is 1. The Balaban J connectivity index is 2.02. The van der Waals surface area contributed by atoms with Gasteiger partial charge in [-0.25, -0.2) is 0 Å². The van der Waals surface area contributed by atoms with E-state index in [1.54, 1.807) is 29.7 Å². The van der Waals surface area contributed by atoms with Crippen LogP contribution in [0.1, 0.15) is 46.1 Å². The Labute approximate surface area is 199 Å². The average molecular weight is 481 g/mol. The van der Waals surface area contributed by atoms with E-state index in [0.29, 0.717) is 29.4 Å². The van der Waals surface area contributed by atoms with Crippen molar-refractivity contribution in [3.63, 3.8) is 0 Å². The van der Waals surface area contributed by atoms with Gasteiger partial charge in [0.2, 0.25) is 11.8 Å². The zero-order valence-corrected chi connectivity index (χ0v) is 20.8. The van der Waals surface area contributed by atoms with Crippen LogP contribution in [-0.4, -0.2) is 34.0 Å². The van der Waals surface area contributed by atoms with Crippen LogP contribution in [0.15, 0.2) is 53.4 Å². The zero-order chi connectivity index (χ0) is 23.0. The normalized spacial score (nSPS) is 12.3. The molecule has 2 rings (SSSR count). The number of nitrogens with zero attached hydrogens (tertiary/aromatic N) is 1. The number of nitrogens with one attached hydrogen (secondary N) is 1. The van der Waals surface area contributed by atoms with Crippen LogP contribution in [-0.2, 0) is 16.1 Å². The molecule has 1 N–H and O–H groups in total. The summed E-state index contributed by atoms with van der Waals surface area (Å²) in [6.07, 6.45) is 1.08. The first-order valence-electron chi connectivity index (χ1n) is 10.3. The highest BCUT2D eigenvalue weighted by molar-refractivity contribution is 7.99. The van der Waals surface area contributed by atoms with Gasteiger partial charge >= 0.3 is 0 Å². The lowest BCUT2D eigenvalue weighted by Gasteiger charge is -2.31. The maximum absolute atomic E-state index is 13.1. The lowest BCUT2D eigenvalue weighted by Crippen LogP contribution is -2.52. The van der Waals surface area contributed by atoms with Gasteiger partial charge in [-0.2, -0.15) is 0 Å². The number of hydrogen-bond acceptors (Lipinski definition) is 3. The van der Waals surface area contributed by atoms with Gasteiger partial charge in [-0.05, 0) is 81.8 Å². The van der Waals surface area contributed by atoms with Gasteiger partial charge in [0.25, 0.3) is 0 Å². The molecular weight excluding hydrogens is 451 g/mol. The van der Waals surface area contributed by atoms with Crippen molar-refractivity contribution in [1.82, 2.24) is 10.2 Å². The Bertz CT molecular complexity index is 882. The van der Waals surface area contributed by atoms with E-state index in [0.717, 1.165) is 16.2 Å². The Kier molecular flexibility index (Phi) is 9.73. The third kappa shape index (κ3) is 9.14. The van der Waals surface area contributed by atoms with Crippen molar-refractivity contribution in [2.24, 2.45) is 0 Å². The molecule has 0 spiro atoms. The van der Waals surface area contributed by atoms with Gasteiger partial charge in [0.15, 0.2) is 0 Å². The molecule has 0 saturated carbocycles. The molecule has 31 heavy (non-hydrogen) atoms. The predicted octanol–water partition coefficient (Wildman–Crippen LogP) is 6.20. The maximum atomic E-state index is 13.1. The van der Waals surface area contributed by atoms with Gasteiger partial charge in [0.05, 0.1) is 0 Å². The highest BCUT2D eigenvalue weighted by Crippen LogP contribution is 2.22. The number of benzene rings is 2. The van der Waals surface area contributed by atoms with Crippen molar-refractivity contribution < 1.29 is 9.59 Å². The summed E-state index contributed by atoms with van der Waals surface area (Å²) in [5.74, 6) is 0.590. The summed E-state index contributed by atoms with van der Waals surface area (Å²) in [7, 11) is 0. The number of hydrogen-bond donors (Lipinski definition) is 1. The Morgan fingerprint density at radius 1 is 1.06 bits per heavy atom. The summed E-state index contributed by atoms with van der Waals surface area (Å²) in [4.78, 5) is 28.6. The predicted molar refractivity (Wildman–Crippen MR) is 131 cm³/mol. The summed E-state index contributed by atoms with van der Waals surface area (Å²) in [6.45, 7) is 7.88. The quantitative estimate of drug-likeness (QED) is 0.343. The molecule has 1 atom stereocenters. The molecule has 2 amide bonds. The van der Waals surface area contributed by atoms with E-state index in [1.165, 1.54) is 0 Å². The number of carbonyl (C=O) groups excluding carboxylic acids is 2. The van der Waals surface area contributed by atoms with Crippen LogP contribution in [0, 0.1) is 0 Å². The first kappa shape index (κ1) is 25.6. The molecule has 0 radical (unpaired) electrons. The minimum absolute atomic E-state index is 0.0479. The average Bonchev–Trinajstić information content (AvgIpc) is 2.69. The van der Waals surface area contributed by atoms with Gasteiger partial charge in [-0.3, -0.25) is 9.59 Å². The van der Waals surface area contributed by atoms with Crippen molar-refractivity contribution in [2.45, 2.75) is 63.6 Å². The molecule has 0 aliphatic carbocycles. The topological polar surface area (TPSA) is 49.4 Å². The second kappa shape index (κ2) is 11.8. The van der Waals surface area contributed by atoms with E-state index in [9.17, 15) is 9.59 Å². The fourth-order valence-corrected chi connectivity index (χ4v) is 4.17. The van der Waals surface area contributed by atoms with Crippen LogP contribution >= 0.6 is 35.0 Å². The number of amides is 2. The minimum Gasteiger partial charge on any atom is -0.350 e. The van der Waals surface area contributed by atoms with Gasteiger partial charge < -0.3 is 10.2 Å². The summed E-state index contributed by atoms with van der Waals surface area (Å²) in [5.41, 5.74) is 0.525. The summed E-state index contributed by atoms with van der Waals surface area (Å²) >= 11 is 13.7. The third-order valence-corrected chi connectivity index (χ3v) is 6.11. The van der Waals surface area contributed by atoms with E-state index in [1.807, 2.05) is 63.2 Å². The van der Waals surface area contributed by atoms with E-state index >= 15 is 0 Å². The standard InChI is InChI=1S/C24H30Cl2N2O2S/c1-17(23(30)27-24(2,3)4)28(16-18-7-5-8-20(26)15-18)22(29)9-6-14-31-21-12-10-19(25)11-13-21/h5,7-8,10-13,15,17H,6,9,14,16H2,1-4H3,(H,27,30). The Hall–Kier alpha value is -1.69. The Morgan fingerprint density at radius 2 is 1.74 bits per heavy atom. The zero-order valence-electron chi connectivity index (χ0n) is 18.5. The van der Waals surface area contributed by atoms with E-state index in [2.05, 4.69) is 5.32 Å². The Morgan fingerprint density at radius 3 is 2.35 bits per heavy atom. The fourth-order valence-electron chi connectivity index (χ4n) is 2.98. The molecule has 7 heteroatoms. The summed E-state index contributed by atoms with van der Waals surface area (Å²) in [6, 6.07) is 14.5. The van der Waals surface area contributed by atoms with Crippen molar-refractivity contribution in [2.75, 3.05) is 5.75 Å². The van der Waals surface area contributed by atoms with Crippen molar-refractivity contribution in [1.29, 1.82) is 0 Å². The van der Waals surface area contributed by atoms with Crippen LogP contribution < -0.4 is 5.32 Å². The first-order valence-corrected chi connectivity index (χ1v) is 12.0. The largest absolute Gasteiger partial charge is 0.350 e. The van der Waals surface area contributed by atoms with Gasteiger partial charge in [-0.1, -0.05) is 35.3 Å². The number of halogens is 2. The lowest BCUT2D eigenvalue weighted by molar-refractivity contribution is -0.141.